The molecule has 0 aliphatic carbocycles. The summed E-state index contributed by atoms with van der Waals surface area (Å²) >= 11 is 0. The molecule has 1 atom stereocenters. The van der Waals surface area contributed by atoms with Crippen molar-refractivity contribution in [2.75, 3.05) is 26.8 Å². The minimum Gasteiger partial charge on any atom is -0.507 e. The van der Waals surface area contributed by atoms with Gasteiger partial charge in [-0.15, -0.1) is 0 Å². The lowest BCUT2D eigenvalue weighted by Gasteiger charge is -2.34. The standard InChI is InChI=1S/C13H16N2O4/c1-14-12(17)10-8-19-7-6-15(10)13(18)9-4-2-3-5-11(9)16/h2-5,10,16H,6-8H2,1H3,(H,14,17). The molecule has 2 N–H and O–H groups in total. The van der Waals surface area contributed by atoms with Gasteiger partial charge in [0, 0.05) is 13.6 Å². The number of likely N-dealkylation sites (N-methyl/N-ethyl adjacent to an activating group) is 1. The van der Waals surface area contributed by atoms with Gasteiger partial charge in [-0.2, -0.15) is 0 Å². The Balaban J connectivity index is 2.25. The number of hydrogen-bond donors (Lipinski definition) is 2. The van der Waals surface area contributed by atoms with Crippen LogP contribution in [0.25, 0.3) is 0 Å². The molecule has 0 bridgehead atoms. The van der Waals surface area contributed by atoms with Crippen LogP contribution in [0.2, 0.25) is 0 Å². The quantitative estimate of drug-likeness (QED) is 0.787. The van der Waals surface area contributed by atoms with Gasteiger partial charge in [-0.3, -0.25) is 9.59 Å². The molecule has 1 saturated heterocycles. The van der Waals surface area contributed by atoms with Gasteiger partial charge in [0.15, 0.2) is 0 Å². The summed E-state index contributed by atoms with van der Waals surface area (Å²) in [5.74, 6) is -0.729. The zero-order chi connectivity index (χ0) is 13.8. The number of phenols is 1. The fourth-order valence-electron chi connectivity index (χ4n) is 2.04. The van der Waals surface area contributed by atoms with E-state index in [1.54, 1.807) is 12.1 Å². The summed E-state index contributed by atoms with van der Waals surface area (Å²) in [4.78, 5) is 25.6. The van der Waals surface area contributed by atoms with Gasteiger partial charge in [0.25, 0.3) is 5.91 Å². The Morgan fingerprint density at radius 3 is 2.84 bits per heavy atom. The van der Waals surface area contributed by atoms with Crippen molar-refractivity contribution in [3.63, 3.8) is 0 Å². The molecule has 0 aromatic heterocycles. The monoisotopic (exact) mass is 264 g/mol. The summed E-state index contributed by atoms with van der Waals surface area (Å²) in [6.07, 6.45) is 0. The minimum atomic E-state index is -0.661. The summed E-state index contributed by atoms with van der Waals surface area (Å²) < 4.78 is 5.23. The number of benzene rings is 1. The third-order valence-corrected chi connectivity index (χ3v) is 3.07. The molecule has 6 nitrogen and oxygen atoms in total. The zero-order valence-corrected chi connectivity index (χ0v) is 10.6. The molecule has 19 heavy (non-hydrogen) atoms. The highest BCUT2D eigenvalue weighted by Crippen LogP contribution is 2.20. The normalized spacial score (nSPS) is 19.0. The van der Waals surface area contributed by atoms with Crippen molar-refractivity contribution in [2.45, 2.75) is 6.04 Å². The second kappa shape index (κ2) is 5.71. The molecule has 1 aromatic carbocycles. The third kappa shape index (κ3) is 2.68. The number of nitrogens with one attached hydrogen (secondary N) is 1. The summed E-state index contributed by atoms with van der Waals surface area (Å²) in [6.45, 7) is 0.872. The topological polar surface area (TPSA) is 78.9 Å². The van der Waals surface area contributed by atoms with Gasteiger partial charge in [0.05, 0.1) is 18.8 Å². The molecule has 6 heteroatoms. The Bertz CT molecular complexity index is 489. The first kappa shape index (κ1) is 13.4. The molecule has 2 amide bonds. The summed E-state index contributed by atoms with van der Waals surface area (Å²) in [6, 6.07) is 5.63. The number of carbonyl (C=O) groups excluding carboxylic acids is 2. The average molecular weight is 264 g/mol. The lowest BCUT2D eigenvalue weighted by atomic mass is 10.1. The summed E-state index contributed by atoms with van der Waals surface area (Å²) in [5.41, 5.74) is 0.193. The Hall–Kier alpha value is -2.08. The number of para-hydroxylation sites is 1. The molecule has 1 fully saturated rings. The summed E-state index contributed by atoms with van der Waals surface area (Å²) in [5, 5.41) is 12.2. The smallest absolute Gasteiger partial charge is 0.258 e. The number of amides is 2. The lowest BCUT2D eigenvalue weighted by Crippen LogP contribution is -2.55. The molecule has 0 spiro atoms. The lowest BCUT2D eigenvalue weighted by molar-refractivity contribution is -0.130. The summed E-state index contributed by atoms with van der Waals surface area (Å²) in [7, 11) is 1.51. The maximum absolute atomic E-state index is 12.4. The van der Waals surface area contributed by atoms with Crippen LogP contribution in [-0.2, 0) is 9.53 Å². The highest BCUT2D eigenvalue weighted by atomic mass is 16.5. The second-order valence-electron chi connectivity index (χ2n) is 4.22. The third-order valence-electron chi connectivity index (χ3n) is 3.07. The molecular weight excluding hydrogens is 248 g/mol. The van der Waals surface area contributed by atoms with Crippen LogP contribution in [0, 0.1) is 0 Å². The zero-order valence-electron chi connectivity index (χ0n) is 10.6. The highest BCUT2D eigenvalue weighted by Gasteiger charge is 2.33. The van der Waals surface area contributed by atoms with E-state index in [2.05, 4.69) is 5.32 Å². The van der Waals surface area contributed by atoms with E-state index in [-0.39, 0.29) is 29.7 Å². The van der Waals surface area contributed by atoms with Gasteiger partial charge in [0.2, 0.25) is 5.91 Å². The fourth-order valence-corrected chi connectivity index (χ4v) is 2.04. The van der Waals surface area contributed by atoms with Crippen LogP contribution >= 0.6 is 0 Å². The van der Waals surface area contributed by atoms with Crippen molar-refractivity contribution in [2.24, 2.45) is 0 Å². The number of aromatic hydroxyl groups is 1. The van der Waals surface area contributed by atoms with Crippen molar-refractivity contribution in [3.8, 4) is 5.75 Å². The molecule has 0 saturated carbocycles. The maximum atomic E-state index is 12.4. The van der Waals surface area contributed by atoms with Crippen LogP contribution in [-0.4, -0.2) is 54.7 Å². The highest BCUT2D eigenvalue weighted by molar-refractivity contribution is 5.99. The van der Waals surface area contributed by atoms with Gasteiger partial charge in [-0.25, -0.2) is 0 Å². The molecule has 1 aliphatic heterocycles. The van der Waals surface area contributed by atoms with Crippen LogP contribution in [0.1, 0.15) is 10.4 Å². The number of phenolic OH excluding ortho intramolecular Hbond substituents is 1. The van der Waals surface area contributed by atoms with E-state index in [0.717, 1.165) is 0 Å². The molecule has 1 aromatic rings. The van der Waals surface area contributed by atoms with Gasteiger partial charge in [-0.05, 0) is 12.1 Å². The van der Waals surface area contributed by atoms with E-state index in [9.17, 15) is 14.7 Å². The molecule has 1 unspecified atom stereocenters. The van der Waals surface area contributed by atoms with Crippen molar-refractivity contribution in [1.82, 2.24) is 10.2 Å². The van der Waals surface area contributed by atoms with Crippen LogP contribution < -0.4 is 5.32 Å². The molecule has 2 rings (SSSR count). The molecule has 102 valence electrons. The fraction of sp³-hybridized carbons (Fsp3) is 0.385. The SMILES string of the molecule is CNC(=O)C1COCCN1C(=O)c1ccccc1O. The molecule has 1 heterocycles. The van der Waals surface area contributed by atoms with E-state index in [4.69, 9.17) is 4.74 Å². The predicted molar refractivity (Wildman–Crippen MR) is 67.8 cm³/mol. The number of carbonyl (C=O) groups is 2. The van der Waals surface area contributed by atoms with Crippen LogP contribution in [0.3, 0.4) is 0 Å². The average Bonchev–Trinajstić information content (AvgIpc) is 2.46. The molecular formula is C13H16N2O4. The van der Waals surface area contributed by atoms with Crippen molar-refractivity contribution in [1.29, 1.82) is 0 Å². The van der Waals surface area contributed by atoms with Gasteiger partial charge in [-0.1, -0.05) is 12.1 Å². The van der Waals surface area contributed by atoms with Gasteiger partial charge >= 0.3 is 0 Å². The van der Waals surface area contributed by atoms with E-state index in [0.29, 0.717) is 13.2 Å². The van der Waals surface area contributed by atoms with Gasteiger partial charge in [0.1, 0.15) is 11.8 Å². The van der Waals surface area contributed by atoms with Crippen molar-refractivity contribution < 1.29 is 19.4 Å². The van der Waals surface area contributed by atoms with Crippen LogP contribution in [0.5, 0.6) is 5.75 Å². The maximum Gasteiger partial charge on any atom is 0.258 e. The largest absolute Gasteiger partial charge is 0.507 e. The van der Waals surface area contributed by atoms with Crippen molar-refractivity contribution >= 4 is 11.8 Å². The first-order chi connectivity index (χ1) is 9.15. The first-order valence-corrected chi connectivity index (χ1v) is 6.03. The Morgan fingerprint density at radius 2 is 2.16 bits per heavy atom. The minimum absolute atomic E-state index is 0.0883. The number of ether oxygens (including phenoxy) is 1. The Kier molecular flexibility index (Phi) is 4.01. The van der Waals surface area contributed by atoms with Crippen molar-refractivity contribution in [3.05, 3.63) is 29.8 Å². The predicted octanol–water partition coefficient (Wildman–Crippen LogP) is -0.0208. The number of morpholine rings is 1. The molecule has 1 aliphatic rings. The number of hydrogen-bond acceptors (Lipinski definition) is 4. The second-order valence-corrected chi connectivity index (χ2v) is 4.22. The first-order valence-electron chi connectivity index (χ1n) is 6.03. The van der Waals surface area contributed by atoms with E-state index in [1.165, 1.54) is 24.1 Å². The van der Waals surface area contributed by atoms with E-state index >= 15 is 0 Å². The van der Waals surface area contributed by atoms with Crippen LogP contribution in [0.15, 0.2) is 24.3 Å². The number of rotatable bonds is 2. The Morgan fingerprint density at radius 1 is 1.42 bits per heavy atom. The van der Waals surface area contributed by atoms with Crippen LogP contribution in [0.4, 0.5) is 0 Å². The van der Waals surface area contributed by atoms with Gasteiger partial charge < -0.3 is 20.1 Å². The van der Waals surface area contributed by atoms with E-state index < -0.39 is 6.04 Å². The van der Waals surface area contributed by atoms with E-state index in [1.807, 2.05) is 0 Å². The molecule has 0 radical (unpaired) electrons. The number of nitrogens with zero attached hydrogens (tertiary/aromatic N) is 1. The Labute approximate surface area is 111 Å².